The first-order valence-corrected chi connectivity index (χ1v) is 10.7. The number of ether oxygens (including phenoxy) is 2. The maximum Gasteiger partial charge on any atom is 0.293 e. The van der Waals surface area contributed by atoms with Crippen LogP contribution in [0.5, 0.6) is 5.88 Å². The molecule has 0 aliphatic heterocycles. The molecule has 0 spiro atoms. The van der Waals surface area contributed by atoms with Gasteiger partial charge in [0.05, 0.1) is 7.11 Å². The Labute approximate surface area is 183 Å². The van der Waals surface area contributed by atoms with Crippen LogP contribution in [0.3, 0.4) is 0 Å². The largest absolute Gasteiger partial charge is 0.478 e. The molecule has 0 atom stereocenters. The number of hydrogen-bond acceptors (Lipinski definition) is 6. The number of methoxy groups -OCH3 is 1. The van der Waals surface area contributed by atoms with Crippen LogP contribution in [-0.4, -0.2) is 36.7 Å². The van der Waals surface area contributed by atoms with E-state index in [2.05, 4.69) is 40.4 Å². The second-order valence-electron chi connectivity index (χ2n) is 6.12. The molecule has 0 aliphatic rings. The Balaban J connectivity index is 0. The molecule has 6 heteroatoms. The van der Waals surface area contributed by atoms with Crippen LogP contribution in [-0.2, 0) is 9.53 Å². The summed E-state index contributed by atoms with van der Waals surface area (Å²) in [5.41, 5.74) is 0.884. The number of hydrogen-bond donors (Lipinski definition) is 1. The molecular weight excluding hydrogens is 378 g/mol. The number of carbonyl (C=O) groups is 1. The normalized spacial score (nSPS) is 10.4. The van der Waals surface area contributed by atoms with Crippen LogP contribution < -0.4 is 10.1 Å². The van der Waals surface area contributed by atoms with Gasteiger partial charge >= 0.3 is 0 Å². The van der Waals surface area contributed by atoms with E-state index in [4.69, 9.17) is 4.74 Å². The molecule has 6 nitrogen and oxygen atoms in total. The summed E-state index contributed by atoms with van der Waals surface area (Å²) < 4.78 is 9.69. The highest BCUT2D eigenvalue weighted by Crippen LogP contribution is 2.19. The fourth-order valence-corrected chi connectivity index (χ4v) is 2.53. The lowest BCUT2D eigenvalue weighted by Gasteiger charge is -2.16. The van der Waals surface area contributed by atoms with Gasteiger partial charge in [0.15, 0.2) is 5.82 Å². The van der Waals surface area contributed by atoms with Crippen molar-refractivity contribution < 1.29 is 14.3 Å². The maximum atomic E-state index is 9.80. The molecule has 0 saturated heterocycles. The van der Waals surface area contributed by atoms with Crippen molar-refractivity contribution in [2.45, 2.75) is 60.3 Å². The molecule has 1 aromatic heterocycles. The van der Waals surface area contributed by atoms with Gasteiger partial charge in [-0.2, -0.15) is 0 Å². The predicted octanol–water partition coefficient (Wildman–Crippen LogP) is 5.99. The Morgan fingerprint density at radius 3 is 2.33 bits per heavy atom. The molecular formula is C24H41N3O3. The smallest absolute Gasteiger partial charge is 0.293 e. The van der Waals surface area contributed by atoms with E-state index in [9.17, 15) is 4.79 Å². The highest BCUT2D eigenvalue weighted by Gasteiger charge is 2.09. The molecule has 0 radical (unpaired) electrons. The summed E-state index contributed by atoms with van der Waals surface area (Å²) in [6, 6.07) is 0. The number of aromatic nitrogens is 2. The van der Waals surface area contributed by atoms with Crippen LogP contribution >= 0.6 is 0 Å². The SMILES string of the molecule is C=C/C(=C\C=C/C)COC=O.CC.CCCC(CCC)CNc1nccnc1OC. The van der Waals surface area contributed by atoms with Crippen molar-refractivity contribution >= 4 is 12.3 Å². The first-order valence-electron chi connectivity index (χ1n) is 10.7. The molecule has 1 rings (SSSR count). The Bertz CT molecular complexity index is 595. The Kier molecular flexibility index (Phi) is 22.3. The third-order valence-corrected chi connectivity index (χ3v) is 3.89. The first-order chi connectivity index (χ1) is 14.7. The van der Waals surface area contributed by atoms with Crippen LogP contribution in [0.25, 0.3) is 0 Å². The number of rotatable bonds is 13. The van der Waals surface area contributed by atoms with Gasteiger partial charge in [0.2, 0.25) is 0 Å². The van der Waals surface area contributed by atoms with Gasteiger partial charge < -0.3 is 14.8 Å². The molecule has 0 unspecified atom stereocenters. The van der Waals surface area contributed by atoms with Crippen molar-refractivity contribution in [3.8, 4) is 5.88 Å². The van der Waals surface area contributed by atoms with Gasteiger partial charge in [-0.05, 0) is 31.3 Å². The molecule has 0 fully saturated rings. The minimum absolute atomic E-state index is 0.289. The highest BCUT2D eigenvalue weighted by atomic mass is 16.5. The highest BCUT2D eigenvalue weighted by molar-refractivity contribution is 5.44. The average molecular weight is 420 g/mol. The average Bonchev–Trinajstić information content (AvgIpc) is 2.80. The molecule has 170 valence electrons. The van der Waals surface area contributed by atoms with E-state index in [1.165, 1.54) is 25.7 Å². The zero-order valence-corrected chi connectivity index (χ0v) is 19.7. The molecule has 30 heavy (non-hydrogen) atoms. The van der Waals surface area contributed by atoms with Crippen LogP contribution in [0.1, 0.15) is 60.3 Å². The van der Waals surface area contributed by atoms with Gasteiger partial charge in [0.1, 0.15) is 6.61 Å². The monoisotopic (exact) mass is 419 g/mol. The third kappa shape index (κ3) is 15.3. The number of allylic oxidation sites excluding steroid dienone is 3. The fraction of sp³-hybridized carbons (Fsp3) is 0.542. The summed E-state index contributed by atoms with van der Waals surface area (Å²) in [5.74, 6) is 2.02. The van der Waals surface area contributed by atoms with Crippen molar-refractivity contribution in [3.63, 3.8) is 0 Å². The summed E-state index contributed by atoms with van der Waals surface area (Å²) in [7, 11) is 1.62. The second-order valence-corrected chi connectivity index (χ2v) is 6.12. The molecule has 0 aliphatic carbocycles. The van der Waals surface area contributed by atoms with Gasteiger partial charge in [-0.1, -0.05) is 71.4 Å². The predicted molar refractivity (Wildman–Crippen MR) is 127 cm³/mol. The number of anilines is 1. The topological polar surface area (TPSA) is 73.3 Å². The number of nitrogens with zero attached hydrogens (tertiary/aromatic N) is 2. The molecule has 0 saturated carbocycles. The second kappa shape index (κ2) is 22.7. The first kappa shape index (κ1) is 29.6. The van der Waals surface area contributed by atoms with Gasteiger partial charge in [0, 0.05) is 18.9 Å². The lowest BCUT2D eigenvalue weighted by Crippen LogP contribution is -2.15. The quantitative estimate of drug-likeness (QED) is 0.313. The lowest BCUT2D eigenvalue weighted by molar-refractivity contribution is -0.127. The molecule has 0 aromatic carbocycles. The third-order valence-electron chi connectivity index (χ3n) is 3.89. The molecule has 0 amide bonds. The summed E-state index contributed by atoms with van der Waals surface area (Å²) >= 11 is 0. The minimum atomic E-state index is 0.289. The minimum Gasteiger partial charge on any atom is -0.478 e. The summed E-state index contributed by atoms with van der Waals surface area (Å²) in [4.78, 5) is 18.2. The van der Waals surface area contributed by atoms with Crippen LogP contribution in [0.2, 0.25) is 0 Å². The van der Waals surface area contributed by atoms with Crippen LogP contribution in [0.4, 0.5) is 5.82 Å². The van der Waals surface area contributed by atoms with E-state index < -0.39 is 0 Å². The summed E-state index contributed by atoms with van der Waals surface area (Å²) in [6.45, 7) is 15.6. The van der Waals surface area contributed by atoms with Crippen molar-refractivity contribution in [1.82, 2.24) is 9.97 Å². The van der Waals surface area contributed by atoms with E-state index in [0.29, 0.717) is 18.3 Å². The van der Waals surface area contributed by atoms with Gasteiger partial charge in [-0.15, -0.1) is 0 Å². The van der Waals surface area contributed by atoms with Crippen LogP contribution in [0, 0.1) is 5.92 Å². The van der Waals surface area contributed by atoms with Crippen molar-refractivity contribution in [1.29, 1.82) is 0 Å². The number of carbonyl (C=O) groups excluding carboxylic acids is 1. The summed E-state index contributed by atoms with van der Waals surface area (Å²) in [5, 5.41) is 3.34. The van der Waals surface area contributed by atoms with E-state index in [1.807, 2.05) is 39.0 Å². The van der Waals surface area contributed by atoms with E-state index in [1.54, 1.807) is 25.6 Å². The Hall–Kier alpha value is -2.63. The lowest BCUT2D eigenvalue weighted by atomic mass is 9.98. The van der Waals surface area contributed by atoms with Crippen molar-refractivity contribution in [2.24, 2.45) is 5.92 Å². The summed E-state index contributed by atoms with van der Waals surface area (Å²) in [6.07, 6.45) is 15.5. The van der Waals surface area contributed by atoms with E-state index in [0.717, 1.165) is 17.9 Å². The standard InChI is InChI=1S/C13H23N3O.C9H12O2.C2H6/c1-4-6-11(7-5-2)10-16-12-13(17-3)15-9-8-14-12;1-3-5-6-9(4-2)7-11-8-10;1-2/h8-9,11H,4-7,10H2,1-3H3,(H,14,16);3-6,8H,2,7H2,1H3;1-2H3/b;5-3-,9-6+;. The Morgan fingerprint density at radius 2 is 1.83 bits per heavy atom. The molecule has 1 aromatic rings. The van der Waals surface area contributed by atoms with Crippen molar-refractivity contribution in [3.05, 3.63) is 48.8 Å². The molecule has 1 heterocycles. The molecule has 0 bridgehead atoms. The number of nitrogens with one attached hydrogen (secondary N) is 1. The van der Waals surface area contributed by atoms with E-state index in [-0.39, 0.29) is 6.61 Å². The van der Waals surface area contributed by atoms with Gasteiger partial charge in [-0.3, -0.25) is 4.79 Å². The zero-order valence-electron chi connectivity index (χ0n) is 19.7. The maximum absolute atomic E-state index is 9.80. The van der Waals surface area contributed by atoms with Crippen molar-refractivity contribution in [2.75, 3.05) is 25.6 Å². The van der Waals surface area contributed by atoms with Gasteiger partial charge in [-0.25, -0.2) is 9.97 Å². The molecule has 1 N–H and O–H groups in total. The fourth-order valence-electron chi connectivity index (χ4n) is 2.53. The van der Waals surface area contributed by atoms with Crippen LogP contribution in [0.15, 0.2) is 48.8 Å². The Morgan fingerprint density at radius 1 is 1.20 bits per heavy atom. The van der Waals surface area contributed by atoms with E-state index >= 15 is 0 Å². The zero-order chi connectivity index (χ0) is 23.0. The van der Waals surface area contributed by atoms with Gasteiger partial charge in [0.25, 0.3) is 12.4 Å².